The number of nitrogens with zero attached hydrogens (tertiary/aromatic N) is 3. The summed E-state index contributed by atoms with van der Waals surface area (Å²) in [6.07, 6.45) is 1.70. The molecular weight excluding hydrogens is 1030 g/mol. The lowest BCUT2D eigenvalue weighted by atomic mass is 10.3. The number of rotatable bonds is 3. The molecule has 44 heavy (non-hydrogen) atoms. The predicted octanol–water partition coefficient (Wildman–Crippen LogP) is 8.90. The highest BCUT2D eigenvalue weighted by Crippen LogP contribution is 2.46. The first-order valence-electron chi connectivity index (χ1n) is 13.6. The van der Waals surface area contributed by atoms with E-state index in [1.54, 1.807) is 36.1 Å². The van der Waals surface area contributed by atoms with Crippen molar-refractivity contribution < 1.29 is 33.3 Å². The van der Waals surface area contributed by atoms with Crippen LogP contribution in [0.1, 0.15) is 37.7 Å². The summed E-state index contributed by atoms with van der Waals surface area (Å²) in [5.74, 6) is 0.0906. The number of carbonyl (C=O) groups excluding carboxylic acids is 1. The summed E-state index contributed by atoms with van der Waals surface area (Å²) in [4.78, 5) is 18.9. The average molecular weight is 1070 g/mol. The van der Waals surface area contributed by atoms with E-state index in [0.717, 1.165) is 42.1 Å². The Balaban J connectivity index is 0.000000221. The molecule has 3 heterocycles. The van der Waals surface area contributed by atoms with Gasteiger partial charge in [0.15, 0.2) is 5.78 Å². The van der Waals surface area contributed by atoms with Crippen LogP contribution in [0.3, 0.4) is 0 Å². The van der Waals surface area contributed by atoms with E-state index in [2.05, 4.69) is 149 Å². The number of ketones is 1. The van der Waals surface area contributed by atoms with Gasteiger partial charge >= 0.3 is 0 Å². The van der Waals surface area contributed by atoms with Gasteiger partial charge in [-0.05, 0) is 80.7 Å². The van der Waals surface area contributed by atoms with Crippen LogP contribution in [0, 0.1) is 13.8 Å². The molecule has 2 aromatic heterocycles. The van der Waals surface area contributed by atoms with Gasteiger partial charge < -0.3 is 28.9 Å². The molecule has 0 fully saturated rings. The van der Waals surface area contributed by atoms with Crippen LogP contribution in [0.5, 0.6) is 0 Å². The maximum absolute atomic E-state index is 11.2. The van der Waals surface area contributed by atoms with Crippen LogP contribution in [0.4, 0.5) is 5.69 Å². The van der Waals surface area contributed by atoms with Crippen LogP contribution in [0.15, 0.2) is 84.0 Å². The number of carbonyl (C=O) groups is 1. The molecule has 12 heteroatoms. The van der Waals surface area contributed by atoms with E-state index in [4.69, 9.17) is 0 Å². The number of benzene rings is 3. The van der Waals surface area contributed by atoms with Crippen molar-refractivity contribution in [3.8, 4) is 0 Å². The molecule has 1 aliphatic rings. The van der Waals surface area contributed by atoms with Crippen LogP contribution in [0.25, 0.3) is 20.4 Å². The van der Waals surface area contributed by atoms with Gasteiger partial charge in [0, 0.05) is 43.9 Å². The average Bonchev–Trinajstić information content (AvgIpc) is 3.59. The number of alkyl halides is 1. The zero-order valence-electron chi connectivity index (χ0n) is 25.3. The topological polar surface area (TPSA) is 37.1 Å². The Kier molecular flexibility index (Phi) is 17.9. The lowest BCUT2D eigenvalue weighted by Gasteiger charge is -2.17. The lowest BCUT2D eigenvalue weighted by molar-refractivity contribution is -0.669. The third kappa shape index (κ3) is 11.3. The van der Waals surface area contributed by atoms with Gasteiger partial charge in [-0.2, -0.15) is 4.57 Å². The minimum absolute atomic E-state index is 0. The number of allylic oxidation sites excluding steroid dienone is 1. The molecule has 4 nitrogen and oxygen atoms in total. The molecule has 0 atom stereocenters. The largest absolute Gasteiger partial charge is 1.00 e. The standard InChI is InChI=1S/C12H12BrNOS.C10H11BrNS.C8H6BrNS.C2H5I.HI/c1-3-14-10-7-9(13)4-5-11(10)16-12(14)6-8(2)15;1-3-12-7(2)13-10-5-4-8(11)6-9(10)12;1-5-10-7-4-6(9)2-3-8(7)11-5;1-2-3;/h4-7H,3H2,1-2H3;4-6H,3H2,1-2H3;2-4H,1H3;2H2,1H3;1H/q;+1;;;/p-1/b12-6-;;;;. The second kappa shape index (κ2) is 19.7. The van der Waals surface area contributed by atoms with Crippen LogP contribution < -0.4 is 33.4 Å². The molecule has 0 saturated heterocycles. The van der Waals surface area contributed by atoms with Crippen molar-refractivity contribution in [2.24, 2.45) is 0 Å². The number of thiazole rings is 2. The van der Waals surface area contributed by atoms with Crippen LogP contribution in [-0.4, -0.2) is 21.7 Å². The first-order chi connectivity index (χ1) is 20.5. The van der Waals surface area contributed by atoms with Gasteiger partial charge in [-0.3, -0.25) is 4.79 Å². The van der Waals surface area contributed by atoms with Gasteiger partial charge in [0.1, 0.15) is 11.2 Å². The number of hydrogen-bond donors (Lipinski definition) is 0. The van der Waals surface area contributed by atoms with Crippen molar-refractivity contribution in [3.05, 3.63) is 89.1 Å². The minimum atomic E-state index is 0. The van der Waals surface area contributed by atoms with Crippen molar-refractivity contribution in [2.45, 2.75) is 53.0 Å². The molecular formula is C32H34Br3I2N3OS3. The molecule has 236 valence electrons. The summed E-state index contributed by atoms with van der Waals surface area (Å²) in [6.45, 7) is 14.1. The quantitative estimate of drug-likeness (QED) is 0.0784. The summed E-state index contributed by atoms with van der Waals surface area (Å²) in [5, 5.41) is 3.51. The normalized spacial score (nSPS) is 12.4. The summed E-state index contributed by atoms with van der Waals surface area (Å²) >= 11 is 17.9. The molecule has 1 aliphatic heterocycles. The van der Waals surface area contributed by atoms with Crippen LogP contribution >= 0.6 is 105 Å². The van der Waals surface area contributed by atoms with Crippen LogP contribution in [0.2, 0.25) is 0 Å². The number of aryl methyl sites for hydroxylation is 3. The molecule has 0 bridgehead atoms. The van der Waals surface area contributed by atoms with Crippen LogP contribution in [-0.2, 0) is 11.3 Å². The maximum Gasteiger partial charge on any atom is 0.235 e. The first kappa shape index (κ1) is 40.1. The number of thioether (sulfide) groups is 1. The van der Waals surface area contributed by atoms with E-state index in [9.17, 15) is 4.79 Å². The molecule has 0 radical (unpaired) electrons. The van der Waals surface area contributed by atoms with Gasteiger partial charge in [0.25, 0.3) is 0 Å². The fourth-order valence-corrected chi connectivity index (χ4v) is 8.38. The van der Waals surface area contributed by atoms with Crippen molar-refractivity contribution in [1.29, 1.82) is 0 Å². The van der Waals surface area contributed by atoms with Gasteiger partial charge in [-0.1, -0.05) is 100 Å². The highest BCUT2D eigenvalue weighted by Gasteiger charge is 2.24. The van der Waals surface area contributed by atoms with Crippen molar-refractivity contribution >= 4 is 137 Å². The van der Waals surface area contributed by atoms with E-state index in [1.807, 2.05) is 36.5 Å². The Morgan fingerprint density at radius 3 is 2.14 bits per heavy atom. The Morgan fingerprint density at radius 1 is 0.932 bits per heavy atom. The lowest BCUT2D eigenvalue weighted by Crippen LogP contribution is -3.00. The SMILES string of the molecule is CCI.CCN1/C(=C/C(C)=O)Sc2ccc(Br)cc21.CC[n+]1c(C)sc2ccc(Br)cc21.Cc1nc2cc(Br)ccc2s1.[I-]. The zero-order chi connectivity index (χ0) is 31.7. The zero-order valence-corrected chi connectivity index (χ0v) is 36.8. The number of anilines is 1. The van der Waals surface area contributed by atoms with E-state index in [-0.39, 0.29) is 29.8 Å². The van der Waals surface area contributed by atoms with Gasteiger partial charge in [-0.25, -0.2) is 4.98 Å². The summed E-state index contributed by atoms with van der Waals surface area (Å²) in [7, 11) is 0. The predicted molar refractivity (Wildman–Crippen MR) is 209 cm³/mol. The molecule has 0 unspecified atom stereocenters. The highest BCUT2D eigenvalue weighted by atomic mass is 127. The van der Waals surface area contributed by atoms with Gasteiger partial charge in [-0.15, -0.1) is 11.3 Å². The summed E-state index contributed by atoms with van der Waals surface area (Å²) in [5.41, 5.74) is 3.59. The first-order valence-corrected chi connectivity index (χ1v) is 20.0. The maximum atomic E-state index is 11.2. The summed E-state index contributed by atoms with van der Waals surface area (Å²) in [6, 6.07) is 18.8. The Bertz CT molecular complexity index is 1740. The third-order valence-electron chi connectivity index (χ3n) is 5.96. The molecule has 6 rings (SSSR count). The van der Waals surface area contributed by atoms with Crippen molar-refractivity contribution in [2.75, 3.05) is 15.9 Å². The number of aromatic nitrogens is 2. The molecule has 0 aliphatic carbocycles. The Labute approximate surface area is 329 Å². The molecule has 0 amide bonds. The van der Waals surface area contributed by atoms with Crippen molar-refractivity contribution in [1.82, 2.24) is 4.98 Å². The van der Waals surface area contributed by atoms with E-state index < -0.39 is 0 Å². The van der Waals surface area contributed by atoms with E-state index in [1.165, 1.54) is 34.9 Å². The smallest absolute Gasteiger partial charge is 0.235 e. The molecule has 3 aromatic carbocycles. The second-order valence-corrected chi connectivity index (χ2v) is 16.9. The molecule has 0 saturated carbocycles. The van der Waals surface area contributed by atoms with E-state index >= 15 is 0 Å². The van der Waals surface area contributed by atoms with Gasteiger partial charge in [0.2, 0.25) is 10.5 Å². The monoisotopic (exact) mass is 1060 g/mol. The Hall–Kier alpha value is -0.100. The number of hydrogen-bond acceptors (Lipinski definition) is 6. The Morgan fingerprint density at radius 2 is 1.52 bits per heavy atom. The summed E-state index contributed by atoms with van der Waals surface area (Å²) < 4.78 is 9.49. The van der Waals surface area contributed by atoms with Crippen molar-refractivity contribution in [3.63, 3.8) is 0 Å². The molecule has 0 spiro atoms. The third-order valence-corrected chi connectivity index (χ3v) is 10.6. The number of halogens is 5. The molecule has 0 N–H and O–H groups in total. The second-order valence-electron chi connectivity index (χ2n) is 9.14. The number of fused-ring (bicyclic) bond motifs is 3. The fraction of sp³-hybridized carbons (Fsp3) is 0.281. The minimum Gasteiger partial charge on any atom is -1.00 e. The molecule has 5 aromatic rings. The fourth-order valence-electron chi connectivity index (χ4n) is 4.26. The van der Waals surface area contributed by atoms with Gasteiger partial charge in [0.05, 0.1) is 25.9 Å². The highest BCUT2D eigenvalue weighted by molar-refractivity contribution is 14.1. The van der Waals surface area contributed by atoms with E-state index in [0.29, 0.717) is 0 Å².